The number of nitrogens with zero attached hydrogens (tertiary/aromatic N) is 1. The Morgan fingerprint density at radius 1 is 1.28 bits per heavy atom. The monoisotopic (exact) mass is 442 g/mol. The third kappa shape index (κ3) is 4.13. The molecule has 0 bridgehead atoms. The van der Waals surface area contributed by atoms with Gasteiger partial charge in [0.25, 0.3) is 10.0 Å². The molecular formula is C17H19BrN2O3S2. The summed E-state index contributed by atoms with van der Waals surface area (Å²) in [6.07, 6.45) is 1.36. The molecule has 0 spiro atoms. The second-order valence-corrected chi connectivity index (χ2v) is 10.3. The van der Waals surface area contributed by atoms with Crippen molar-refractivity contribution in [2.75, 3.05) is 18.4 Å². The average molecular weight is 443 g/mol. The van der Waals surface area contributed by atoms with E-state index < -0.39 is 10.0 Å². The van der Waals surface area contributed by atoms with Gasteiger partial charge >= 0.3 is 0 Å². The van der Waals surface area contributed by atoms with Crippen molar-refractivity contribution in [1.29, 1.82) is 0 Å². The van der Waals surface area contributed by atoms with Gasteiger partial charge in [0, 0.05) is 22.4 Å². The summed E-state index contributed by atoms with van der Waals surface area (Å²) >= 11 is 4.67. The van der Waals surface area contributed by atoms with Gasteiger partial charge in [0.2, 0.25) is 5.91 Å². The predicted molar refractivity (Wildman–Crippen MR) is 103 cm³/mol. The van der Waals surface area contributed by atoms with E-state index in [1.54, 1.807) is 12.1 Å². The van der Waals surface area contributed by atoms with E-state index in [-0.39, 0.29) is 18.4 Å². The number of halogens is 1. The Bertz CT molecular complexity index is 880. The molecule has 1 amide bonds. The van der Waals surface area contributed by atoms with Gasteiger partial charge in [0.15, 0.2) is 0 Å². The summed E-state index contributed by atoms with van der Waals surface area (Å²) in [7, 11) is -3.53. The van der Waals surface area contributed by atoms with Crippen LogP contribution >= 0.6 is 27.3 Å². The van der Waals surface area contributed by atoms with Gasteiger partial charge in [-0.2, -0.15) is 4.31 Å². The summed E-state index contributed by atoms with van der Waals surface area (Å²) in [4.78, 5) is 13.5. The summed E-state index contributed by atoms with van der Waals surface area (Å²) in [5, 5.41) is 2.89. The third-order valence-corrected chi connectivity index (χ3v) is 8.22. The molecule has 0 aliphatic carbocycles. The van der Waals surface area contributed by atoms with Gasteiger partial charge in [-0.1, -0.05) is 12.1 Å². The van der Waals surface area contributed by atoms with Crippen LogP contribution in [0.4, 0.5) is 5.69 Å². The van der Waals surface area contributed by atoms with Crippen molar-refractivity contribution in [3.05, 3.63) is 45.7 Å². The van der Waals surface area contributed by atoms with Crippen molar-refractivity contribution in [3.8, 4) is 0 Å². The Balaban J connectivity index is 1.73. The molecule has 1 aliphatic heterocycles. The van der Waals surface area contributed by atoms with Crippen molar-refractivity contribution in [2.45, 2.75) is 24.0 Å². The number of sulfonamides is 1. The highest BCUT2D eigenvalue weighted by molar-refractivity contribution is 9.10. The van der Waals surface area contributed by atoms with E-state index in [4.69, 9.17) is 0 Å². The van der Waals surface area contributed by atoms with Crippen LogP contribution in [0.3, 0.4) is 0 Å². The van der Waals surface area contributed by atoms with Crippen LogP contribution in [0.25, 0.3) is 0 Å². The Morgan fingerprint density at radius 3 is 2.72 bits per heavy atom. The Hall–Kier alpha value is -1.22. The molecule has 5 nitrogen and oxygen atoms in total. The lowest BCUT2D eigenvalue weighted by molar-refractivity contribution is -0.120. The van der Waals surface area contributed by atoms with Gasteiger partial charge in [-0.25, -0.2) is 8.42 Å². The molecule has 134 valence electrons. The lowest BCUT2D eigenvalue weighted by atomic mass is 9.99. The molecule has 1 atom stereocenters. The van der Waals surface area contributed by atoms with E-state index in [0.29, 0.717) is 29.3 Å². The van der Waals surface area contributed by atoms with Crippen LogP contribution in [-0.4, -0.2) is 31.7 Å². The molecule has 1 aromatic heterocycles. The van der Waals surface area contributed by atoms with Crippen molar-refractivity contribution < 1.29 is 13.2 Å². The lowest BCUT2D eigenvalue weighted by Gasteiger charge is -2.30. The zero-order valence-electron chi connectivity index (χ0n) is 13.7. The molecule has 3 rings (SSSR count). The van der Waals surface area contributed by atoms with Crippen molar-refractivity contribution in [3.63, 3.8) is 0 Å². The lowest BCUT2D eigenvalue weighted by Crippen LogP contribution is -2.43. The summed E-state index contributed by atoms with van der Waals surface area (Å²) in [5.74, 6) is -0.495. The maximum absolute atomic E-state index is 12.8. The fourth-order valence-corrected chi connectivity index (χ4v) is 6.20. The van der Waals surface area contributed by atoms with E-state index in [0.717, 1.165) is 9.35 Å². The number of thiophene rings is 1. The second-order valence-electron chi connectivity index (χ2n) is 6.04. The molecule has 1 fully saturated rings. The van der Waals surface area contributed by atoms with Crippen LogP contribution in [0.5, 0.6) is 0 Å². The van der Waals surface area contributed by atoms with Crippen LogP contribution in [0.1, 0.15) is 17.7 Å². The van der Waals surface area contributed by atoms with Crippen molar-refractivity contribution in [1.82, 2.24) is 4.31 Å². The first kappa shape index (κ1) is 18.6. The maximum Gasteiger partial charge on any atom is 0.252 e. The number of nitrogens with one attached hydrogen (secondary N) is 1. The molecule has 8 heteroatoms. The van der Waals surface area contributed by atoms with Gasteiger partial charge in [-0.05, 0) is 60.0 Å². The van der Waals surface area contributed by atoms with E-state index in [1.165, 1.54) is 15.6 Å². The smallest absolute Gasteiger partial charge is 0.252 e. The first-order valence-electron chi connectivity index (χ1n) is 8.00. The summed E-state index contributed by atoms with van der Waals surface area (Å²) in [6, 6.07) is 10.8. The Labute approximate surface area is 160 Å². The normalized spacial score (nSPS) is 18.9. The van der Waals surface area contributed by atoms with Crippen LogP contribution in [0.2, 0.25) is 0 Å². The summed E-state index contributed by atoms with van der Waals surface area (Å²) in [5.41, 5.74) is 0.696. The predicted octanol–water partition coefficient (Wildman–Crippen LogP) is 3.86. The molecular weight excluding hydrogens is 424 g/mol. The minimum atomic E-state index is -3.53. The van der Waals surface area contributed by atoms with Crippen LogP contribution < -0.4 is 5.32 Å². The molecule has 0 radical (unpaired) electrons. The highest BCUT2D eigenvalue weighted by Gasteiger charge is 2.34. The molecule has 1 aromatic carbocycles. The quantitative estimate of drug-likeness (QED) is 0.781. The molecule has 2 heterocycles. The first-order valence-corrected chi connectivity index (χ1v) is 11.0. The number of amides is 1. The van der Waals surface area contributed by atoms with Crippen molar-refractivity contribution >= 4 is 48.9 Å². The zero-order chi connectivity index (χ0) is 18.0. The first-order chi connectivity index (χ1) is 11.9. The number of hydrogen-bond donors (Lipinski definition) is 1. The van der Waals surface area contributed by atoms with Crippen LogP contribution in [-0.2, 0) is 14.8 Å². The Morgan fingerprint density at radius 2 is 2.04 bits per heavy atom. The molecule has 0 saturated carbocycles. The number of rotatable bonds is 4. The van der Waals surface area contributed by atoms with E-state index in [2.05, 4.69) is 21.2 Å². The number of anilines is 1. The third-order valence-electron chi connectivity index (χ3n) is 4.20. The molecule has 1 unspecified atom stereocenters. The van der Waals surface area contributed by atoms with Crippen LogP contribution in [0.15, 0.2) is 45.1 Å². The van der Waals surface area contributed by atoms with Gasteiger partial charge in [0.05, 0.1) is 11.6 Å². The molecule has 1 aliphatic rings. The molecule has 1 saturated heterocycles. The second kappa shape index (κ2) is 7.57. The SMILES string of the molecule is Cc1ccc(S(=O)(=O)N2CCCC(C(=O)Nc3ccccc3Br)C2)s1. The Kier molecular flexibility index (Phi) is 5.62. The van der Waals surface area contributed by atoms with Gasteiger partial charge in [-0.15, -0.1) is 11.3 Å². The van der Waals surface area contributed by atoms with Crippen molar-refractivity contribution in [2.24, 2.45) is 5.92 Å². The average Bonchev–Trinajstić information content (AvgIpc) is 3.04. The minimum absolute atomic E-state index is 0.144. The highest BCUT2D eigenvalue weighted by Crippen LogP contribution is 2.29. The summed E-state index contributed by atoms with van der Waals surface area (Å²) in [6.45, 7) is 2.56. The minimum Gasteiger partial charge on any atom is -0.325 e. The van der Waals surface area contributed by atoms with E-state index in [9.17, 15) is 13.2 Å². The maximum atomic E-state index is 12.8. The van der Waals surface area contributed by atoms with Gasteiger partial charge < -0.3 is 5.32 Å². The fraction of sp³-hybridized carbons (Fsp3) is 0.353. The number of benzene rings is 1. The number of aryl methyl sites for hydroxylation is 1. The number of piperidine rings is 1. The summed E-state index contributed by atoms with van der Waals surface area (Å²) < 4.78 is 28.1. The van der Waals surface area contributed by atoms with E-state index in [1.807, 2.05) is 31.2 Å². The highest BCUT2D eigenvalue weighted by atomic mass is 79.9. The zero-order valence-corrected chi connectivity index (χ0v) is 17.0. The van der Waals surface area contributed by atoms with E-state index >= 15 is 0 Å². The fourth-order valence-electron chi connectivity index (χ4n) is 2.85. The van der Waals surface area contributed by atoms with Crippen LogP contribution in [0, 0.1) is 12.8 Å². The topological polar surface area (TPSA) is 66.5 Å². The van der Waals surface area contributed by atoms with Gasteiger partial charge in [-0.3, -0.25) is 4.79 Å². The van der Waals surface area contributed by atoms with Gasteiger partial charge in [0.1, 0.15) is 4.21 Å². The number of carbonyl (C=O) groups is 1. The largest absolute Gasteiger partial charge is 0.325 e. The number of hydrogen-bond acceptors (Lipinski definition) is 4. The molecule has 1 N–H and O–H groups in total. The standard InChI is InChI=1S/C17H19BrN2O3S2/c1-12-8-9-16(24-12)25(22,23)20-10-4-5-13(11-20)17(21)19-15-7-3-2-6-14(15)18/h2-3,6-9,13H,4-5,10-11H2,1H3,(H,19,21). The molecule has 2 aromatic rings. The number of para-hydroxylation sites is 1. The molecule has 25 heavy (non-hydrogen) atoms. The number of carbonyl (C=O) groups excluding carboxylic acids is 1.